The van der Waals surface area contributed by atoms with Gasteiger partial charge in [0, 0.05) is 12.1 Å². The zero-order chi connectivity index (χ0) is 13.1. The summed E-state index contributed by atoms with van der Waals surface area (Å²) in [6.07, 6.45) is 5.23. The molecule has 2 aromatic rings. The highest BCUT2D eigenvalue weighted by Crippen LogP contribution is 2.21. The molecule has 2 aromatic heterocycles. The molecule has 2 heterocycles. The molecule has 96 valence electrons. The van der Waals surface area contributed by atoms with Crippen molar-refractivity contribution in [2.45, 2.75) is 32.9 Å². The summed E-state index contributed by atoms with van der Waals surface area (Å²) in [6, 6.07) is 3.98. The molecule has 5 nitrogen and oxygen atoms in total. The third-order valence-electron chi connectivity index (χ3n) is 2.57. The van der Waals surface area contributed by atoms with Crippen molar-refractivity contribution in [3.8, 4) is 11.5 Å². The summed E-state index contributed by atoms with van der Waals surface area (Å²) >= 11 is 0. The molecule has 2 rings (SSSR count). The van der Waals surface area contributed by atoms with Crippen LogP contribution < -0.4 is 10.5 Å². The van der Waals surface area contributed by atoms with Gasteiger partial charge in [0.15, 0.2) is 5.75 Å². The van der Waals surface area contributed by atoms with Crippen LogP contribution in [0.4, 0.5) is 0 Å². The van der Waals surface area contributed by atoms with E-state index in [1.807, 2.05) is 29.9 Å². The smallest absolute Gasteiger partial charge is 0.165 e. The van der Waals surface area contributed by atoms with Gasteiger partial charge in [-0.3, -0.25) is 9.67 Å². The van der Waals surface area contributed by atoms with Crippen molar-refractivity contribution in [2.75, 3.05) is 0 Å². The first kappa shape index (κ1) is 12.6. The molecular formula is C13H18N4O. The molecule has 0 aliphatic heterocycles. The van der Waals surface area contributed by atoms with Crippen LogP contribution >= 0.6 is 0 Å². The number of rotatable bonds is 4. The summed E-state index contributed by atoms with van der Waals surface area (Å²) in [5, 5.41) is 4.21. The zero-order valence-corrected chi connectivity index (χ0v) is 10.9. The molecule has 0 bridgehead atoms. The average molecular weight is 246 g/mol. The summed E-state index contributed by atoms with van der Waals surface area (Å²) in [5.74, 6) is 1.39. The normalized spacial score (nSPS) is 12.7. The largest absolute Gasteiger partial charge is 0.452 e. The van der Waals surface area contributed by atoms with E-state index < -0.39 is 0 Å². The third kappa shape index (κ3) is 2.87. The van der Waals surface area contributed by atoms with E-state index in [1.54, 1.807) is 12.4 Å². The zero-order valence-electron chi connectivity index (χ0n) is 10.9. The van der Waals surface area contributed by atoms with E-state index in [2.05, 4.69) is 23.9 Å². The maximum Gasteiger partial charge on any atom is 0.165 e. The van der Waals surface area contributed by atoms with E-state index in [-0.39, 0.29) is 6.04 Å². The molecule has 5 heteroatoms. The van der Waals surface area contributed by atoms with Crippen molar-refractivity contribution in [2.24, 2.45) is 5.73 Å². The number of nitrogens with zero attached hydrogens (tertiary/aromatic N) is 3. The standard InChI is InChI=1S/C13H18N4O/c1-9(2)17-8-12(7-16-17)18-11-4-5-13(10(3)14)15-6-11/h4-10H,14H2,1-3H3/t10-/m0/s1. The number of ether oxygens (including phenoxy) is 1. The van der Waals surface area contributed by atoms with Crippen molar-refractivity contribution in [1.29, 1.82) is 0 Å². The Morgan fingerprint density at radius 1 is 1.17 bits per heavy atom. The van der Waals surface area contributed by atoms with Gasteiger partial charge in [-0.15, -0.1) is 0 Å². The first-order valence-corrected chi connectivity index (χ1v) is 6.00. The molecule has 0 aliphatic carbocycles. The molecule has 0 saturated heterocycles. The lowest BCUT2D eigenvalue weighted by Gasteiger charge is -2.06. The van der Waals surface area contributed by atoms with Gasteiger partial charge in [-0.25, -0.2) is 0 Å². The summed E-state index contributed by atoms with van der Waals surface area (Å²) in [5.41, 5.74) is 6.58. The summed E-state index contributed by atoms with van der Waals surface area (Å²) < 4.78 is 7.50. The second-order valence-corrected chi connectivity index (χ2v) is 4.56. The molecule has 0 amide bonds. The van der Waals surface area contributed by atoms with E-state index in [0.29, 0.717) is 17.5 Å². The van der Waals surface area contributed by atoms with E-state index in [9.17, 15) is 0 Å². The fraction of sp³-hybridized carbons (Fsp3) is 0.385. The van der Waals surface area contributed by atoms with Crippen LogP contribution in [0.2, 0.25) is 0 Å². The first-order chi connectivity index (χ1) is 8.56. The van der Waals surface area contributed by atoms with Crippen LogP contribution in [-0.2, 0) is 0 Å². The maximum atomic E-state index is 5.74. The number of hydrogen-bond donors (Lipinski definition) is 1. The average Bonchev–Trinajstić information content (AvgIpc) is 2.78. The van der Waals surface area contributed by atoms with Gasteiger partial charge in [0.05, 0.1) is 24.3 Å². The predicted molar refractivity (Wildman–Crippen MR) is 69.5 cm³/mol. The van der Waals surface area contributed by atoms with Gasteiger partial charge in [-0.2, -0.15) is 5.10 Å². The number of aromatic nitrogens is 3. The van der Waals surface area contributed by atoms with Crippen LogP contribution in [0.1, 0.15) is 38.5 Å². The third-order valence-corrected chi connectivity index (χ3v) is 2.57. The molecule has 2 N–H and O–H groups in total. The molecule has 1 atom stereocenters. The Balaban J connectivity index is 2.08. The highest BCUT2D eigenvalue weighted by molar-refractivity contribution is 5.27. The predicted octanol–water partition coefficient (Wildman–Crippen LogP) is 2.67. The molecule has 0 aromatic carbocycles. The lowest BCUT2D eigenvalue weighted by molar-refractivity contribution is 0.474. The van der Waals surface area contributed by atoms with Gasteiger partial charge < -0.3 is 10.5 Å². The number of nitrogens with two attached hydrogens (primary N) is 1. The maximum absolute atomic E-state index is 5.74. The molecule has 18 heavy (non-hydrogen) atoms. The molecule has 0 aliphatic rings. The van der Waals surface area contributed by atoms with Crippen LogP contribution in [0.15, 0.2) is 30.7 Å². The Morgan fingerprint density at radius 2 is 1.94 bits per heavy atom. The molecule has 0 saturated carbocycles. The Labute approximate surface area is 107 Å². The van der Waals surface area contributed by atoms with Gasteiger partial charge in [0.25, 0.3) is 0 Å². The van der Waals surface area contributed by atoms with Gasteiger partial charge in [-0.05, 0) is 32.9 Å². The van der Waals surface area contributed by atoms with Crippen LogP contribution in [0.25, 0.3) is 0 Å². The van der Waals surface area contributed by atoms with E-state index in [0.717, 1.165) is 5.69 Å². The topological polar surface area (TPSA) is 66.0 Å². The van der Waals surface area contributed by atoms with Gasteiger partial charge in [-0.1, -0.05) is 0 Å². The van der Waals surface area contributed by atoms with Gasteiger partial charge >= 0.3 is 0 Å². The molecule has 0 radical (unpaired) electrons. The van der Waals surface area contributed by atoms with Crippen LogP contribution in [-0.4, -0.2) is 14.8 Å². The lowest BCUT2D eigenvalue weighted by Crippen LogP contribution is -2.06. The molecule has 0 unspecified atom stereocenters. The Kier molecular flexibility index (Phi) is 3.62. The van der Waals surface area contributed by atoms with Crippen molar-refractivity contribution >= 4 is 0 Å². The number of pyridine rings is 1. The van der Waals surface area contributed by atoms with Gasteiger partial charge in [0.2, 0.25) is 0 Å². The fourth-order valence-electron chi connectivity index (χ4n) is 1.51. The molecular weight excluding hydrogens is 228 g/mol. The molecule has 0 spiro atoms. The SMILES string of the molecule is CC(C)n1cc(Oc2ccc([C@H](C)N)nc2)cn1. The minimum Gasteiger partial charge on any atom is -0.452 e. The van der Waals surface area contributed by atoms with E-state index in [1.165, 1.54) is 0 Å². The molecule has 0 fully saturated rings. The summed E-state index contributed by atoms with van der Waals surface area (Å²) in [7, 11) is 0. The Hall–Kier alpha value is -1.88. The monoisotopic (exact) mass is 246 g/mol. The van der Waals surface area contributed by atoms with Crippen LogP contribution in [0, 0.1) is 0 Å². The Morgan fingerprint density at radius 3 is 2.44 bits per heavy atom. The van der Waals surface area contributed by atoms with Crippen LogP contribution in [0.3, 0.4) is 0 Å². The summed E-state index contributed by atoms with van der Waals surface area (Å²) in [6.45, 7) is 6.03. The first-order valence-electron chi connectivity index (χ1n) is 6.00. The highest BCUT2D eigenvalue weighted by atomic mass is 16.5. The second kappa shape index (κ2) is 5.18. The van der Waals surface area contributed by atoms with Crippen LogP contribution in [0.5, 0.6) is 11.5 Å². The van der Waals surface area contributed by atoms with E-state index in [4.69, 9.17) is 10.5 Å². The van der Waals surface area contributed by atoms with E-state index >= 15 is 0 Å². The lowest BCUT2D eigenvalue weighted by atomic mass is 10.2. The number of hydrogen-bond acceptors (Lipinski definition) is 4. The minimum atomic E-state index is -0.0669. The quantitative estimate of drug-likeness (QED) is 0.900. The van der Waals surface area contributed by atoms with Crippen molar-refractivity contribution in [3.05, 3.63) is 36.4 Å². The fourth-order valence-corrected chi connectivity index (χ4v) is 1.51. The minimum absolute atomic E-state index is 0.0669. The van der Waals surface area contributed by atoms with Crippen molar-refractivity contribution in [1.82, 2.24) is 14.8 Å². The Bertz CT molecular complexity index is 502. The van der Waals surface area contributed by atoms with Gasteiger partial charge in [0.1, 0.15) is 5.75 Å². The van der Waals surface area contributed by atoms with Crippen molar-refractivity contribution in [3.63, 3.8) is 0 Å². The summed E-state index contributed by atoms with van der Waals surface area (Å²) in [4.78, 5) is 4.24. The van der Waals surface area contributed by atoms with Crippen molar-refractivity contribution < 1.29 is 4.74 Å². The second-order valence-electron chi connectivity index (χ2n) is 4.56. The highest BCUT2D eigenvalue weighted by Gasteiger charge is 2.05.